The molecule has 3 aromatic rings. The highest BCUT2D eigenvalue weighted by Crippen LogP contribution is 2.28. The minimum atomic E-state index is -0.309. The first-order valence-electron chi connectivity index (χ1n) is 5.28. The Balaban J connectivity index is 2.20. The van der Waals surface area contributed by atoms with Gasteiger partial charge < -0.3 is 4.42 Å². The summed E-state index contributed by atoms with van der Waals surface area (Å²) in [5.41, 5.74) is 1.42. The van der Waals surface area contributed by atoms with Crippen LogP contribution < -0.4 is 0 Å². The van der Waals surface area contributed by atoms with Crippen molar-refractivity contribution in [2.75, 3.05) is 0 Å². The van der Waals surface area contributed by atoms with Gasteiger partial charge >= 0.3 is 0 Å². The van der Waals surface area contributed by atoms with Crippen LogP contribution in [-0.2, 0) is 0 Å². The summed E-state index contributed by atoms with van der Waals surface area (Å²) >= 11 is 3.34. The second-order valence-electron chi connectivity index (χ2n) is 3.74. The highest BCUT2D eigenvalue weighted by atomic mass is 79.9. The molecule has 0 saturated carbocycles. The fourth-order valence-corrected chi connectivity index (χ4v) is 2.06. The molecular formula is C13H8BrFN2O. The van der Waals surface area contributed by atoms with E-state index < -0.39 is 0 Å². The summed E-state index contributed by atoms with van der Waals surface area (Å²) in [6.45, 7) is 0. The van der Waals surface area contributed by atoms with Crippen LogP contribution >= 0.6 is 15.9 Å². The molecule has 0 amide bonds. The highest BCUT2D eigenvalue weighted by Gasteiger charge is 2.11. The zero-order valence-electron chi connectivity index (χ0n) is 9.18. The molecular weight excluding hydrogens is 299 g/mol. The molecule has 90 valence electrons. The van der Waals surface area contributed by atoms with Crippen LogP contribution in [0.2, 0.25) is 0 Å². The summed E-state index contributed by atoms with van der Waals surface area (Å²) in [5.74, 6) is 0.299. The van der Waals surface area contributed by atoms with E-state index >= 15 is 0 Å². The van der Waals surface area contributed by atoms with Crippen LogP contribution in [-0.4, -0.2) is 9.78 Å². The van der Waals surface area contributed by atoms with Gasteiger partial charge in [0, 0.05) is 11.8 Å². The van der Waals surface area contributed by atoms with Crippen LogP contribution in [0.25, 0.3) is 17.0 Å². The van der Waals surface area contributed by atoms with Gasteiger partial charge in [-0.15, -0.1) is 0 Å². The Kier molecular flexibility index (Phi) is 2.76. The lowest BCUT2D eigenvalue weighted by Gasteiger charge is -2.07. The van der Waals surface area contributed by atoms with E-state index in [0.29, 0.717) is 11.3 Å². The Morgan fingerprint density at radius 1 is 1.28 bits per heavy atom. The molecule has 0 N–H and O–H groups in total. The second kappa shape index (κ2) is 4.42. The number of furan rings is 1. The third kappa shape index (κ3) is 1.97. The van der Waals surface area contributed by atoms with Crippen LogP contribution in [0, 0.1) is 5.82 Å². The maximum atomic E-state index is 13.4. The van der Waals surface area contributed by atoms with Crippen molar-refractivity contribution in [3.63, 3.8) is 0 Å². The summed E-state index contributed by atoms with van der Waals surface area (Å²) in [7, 11) is 0. The standard InChI is InChI=1S/C13H8BrFN2O/c14-9-7-16-17(8-9)12-4-3-10(15)6-11(12)13-2-1-5-18-13/h1-8H. The highest BCUT2D eigenvalue weighted by molar-refractivity contribution is 9.10. The first-order chi connectivity index (χ1) is 8.74. The molecule has 0 fully saturated rings. The van der Waals surface area contributed by atoms with Crippen molar-refractivity contribution >= 4 is 15.9 Å². The van der Waals surface area contributed by atoms with Gasteiger partial charge in [0.15, 0.2) is 0 Å². The van der Waals surface area contributed by atoms with Gasteiger partial charge in [-0.25, -0.2) is 9.07 Å². The van der Waals surface area contributed by atoms with Gasteiger partial charge in [-0.05, 0) is 46.3 Å². The number of hydrogen-bond donors (Lipinski definition) is 0. The Bertz CT molecular complexity index is 676. The quantitative estimate of drug-likeness (QED) is 0.715. The van der Waals surface area contributed by atoms with E-state index in [9.17, 15) is 4.39 Å². The maximum Gasteiger partial charge on any atom is 0.136 e. The number of nitrogens with zero attached hydrogens (tertiary/aromatic N) is 2. The Morgan fingerprint density at radius 3 is 2.83 bits per heavy atom. The van der Waals surface area contributed by atoms with Crippen molar-refractivity contribution in [3.05, 3.63) is 59.3 Å². The summed E-state index contributed by atoms with van der Waals surface area (Å²) in [4.78, 5) is 0. The van der Waals surface area contributed by atoms with Crippen molar-refractivity contribution in [1.29, 1.82) is 0 Å². The molecule has 0 atom stereocenters. The smallest absolute Gasteiger partial charge is 0.136 e. The Morgan fingerprint density at radius 2 is 2.17 bits per heavy atom. The minimum Gasteiger partial charge on any atom is -0.464 e. The molecule has 0 aliphatic carbocycles. The fourth-order valence-electron chi connectivity index (χ4n) is 1.77. The van der Waals surface area contributed by atoms with Gasteiger partial charge in [-0.2, -0.15) is 5.10 Å². The third-order valence-corrected chi connectivity index (χ3v) is 2.95. The van der Waals surface area contributed by atoms with Crippen LogP contribution in [0.4, 0.5) is 4.39 Å². The predicted molar refractivity (Wildman–Crippen MR) is 68.9 cm³/mol. The van der Waals surface area contributed by atoms with E-state index in [1.54, 1.807) is 41.5 Å². The topological polar surface area (TPSA) is 31.0 Å². The molecule has 3 rings (SSSR count). The van der Waals surface area contributed by atoms with Crippen LogP contribution in [0.15, 0.2) is 57.9 Å². The number of aromatic nitrogens is 2. The second-order valence-corrected chi connectivity index (χ2v) is 4.66. The lowest BCUT2D eigenvalue weighted by Crippen LogP contribution is -1.97. The molecule has 0 spiro atoms. The molecule has 18 heavy (non-hydrogen) atoms. The molecule has 0 saturated heterocycles. The molecule has 2 heterocycles. The van der Waals surface area contributed by atoms with E-state index in [1.807, 2.05) is 0 Å². The van der Waals surface area contributed by atoms with Gasteiger partial charge in [-0.3, -0.25) is 0 Å². The summed E-state index contributed by atoms with van der Waals surface area (Å²) in [6.07, 6.45) is 5.04. The van der Waals surface area contributed by atoms with Crippen LogP contribution in [0.3, 0.4) is 0 Å². The van der Waals surface area contributed by atoms with E-state index in [1.165, 1.54) is 12.1 Å². The summed E-state index contributed by atoms with van der Waals surface area (Å²) in [5, 5.41) is 4.19. The molecule has 3 nitrogen and oxygen atoms in total. The van der Waals surface area contributed by atoms with Crippen molar-refractivity contribution in [1.82, 2.24) is 9.78 Å². The molecule has 1 aromatic carbocycles. The van der Waals surface area contributed by atoms with Crippen molar-refractivity contribution in [2.45, 2.75) is 0 Å². The molecule has 0 radical (unpaired) electrons. The summed E-state index contributed by atoms with van der Waals surface area (Å²) < 4.78 is 21.2. The maximum absolute atomic E-state index is 13.4. The average molecular weight is 307 g/mol. The first-order valence-corrected chi connectivity index (χ1v) is 6.07. The van der Waals surface area contributed by atoms with E-state index in [-0.39, 0.29) is 5.82 Å². The summed E-state index contributed by atoms with van der Waals surface area (Å²) in [6, 6.07) is 8.06. The fraction of sp³-hybridized carbons (Fsp3) is 0. The van der Waals surface area contributed by atoms with Crippen molar-refractivity contribution in [3.8, 4) is 17.0 Å². The molecule has 0 aliphatic rings. The number of halogens is 2. The molecule has 0 unspecified atom stereocenters. The normalized spacial score (nSPS) is 10.8. The largest absolute Gasteiger partial charge is 0.464 e. The van der Waals surface area contributed by atoms with E-state index in [0.717, 1.165) is 10.2 Å². The average Bonchev–Trinajstić information content (AvgIpc) is 2.99. The molecule has 5 heteroatoms. The SMILES string of the molecule is Fc1ccc(-n2cc(Br)cn2)c(-c2ccco2)c1. The predicted octanol–water partition coefficient (Wildman–Crippen LogP) is 4.03. The van der Waals surface area contributed by atoms with Crippen LogP contribution in [0.1, 0.15) is 0 Å². The number of rotatable bonds is 2. The van der Waals surface area contributed by atoms with Crippen molar-refractivity contribution in [2.24, 2.45) is 0 Å². The van der Waals surface area contributed by atoms with Crippen LogP contribution in [0.5, 0.6) is 0 Å². The van der Waals surface area contributed by atoms with Gasteiger partial charge in [0.2, 0.25) is 0 Å². The number of benzene rings is 1. The van der Waals surface area contributed by atoms with E-state index in [4.69, 9.17) is 4.42 Å². The zero-order valence-corrected chi connectivity index (χ0v) is 10.8. The molecule has 0 aliphatic heterocycles. The van der Waals surface area contributed by atoms with Gasteiger partial charge in [0.25, 0.3) is 0 Å². The minimum absolute atomic E-state index is 0.309. The third-order valence-electron chi connectivity index (χ3n) is 2.54. The Hall–Kier alpha value is -1.88. The van der Waals surface area contributed by atoms with Crippen molar-refractivity contribution < 1.29 is 8.81 Å². The van der Waals surface area contributed by atoms with Gasteiger partial charge in [0.1, 0.15) is 11.6 Å². The van der Waals surface area contributed by atoms with Gasteiger partial charge in [-0.1, -0.05) is 0 Å². The number of hydrogen-bond acceptors (Lipinski definition) is 2. The lowest BCUT2D eigenvalue weighted by molar-refractivity contribution is 0.579. The van der Waals surface area contributed by atoms with E-state index in [2.05, 4.69) is 21.0 Å². The lowest BCUT2D eigenvalue weighted by atomic mass is 10.1. The van der Waals surface area contributed by atoms with Gasteiger partial charge in [0.05, 0.1) is 22.6 Å². The molecule has 0 bridgehead atoms. The zero-order chi connectivity index (χ0) is 12.5. The first kappa shape index (κ1) is 11.2. The Labute approximate surface area is 111 Å². The monoisotopic (exact) mass is 306 g/mol. The molecule has 2 aromatic heterocycles.